The lowest BCUT2D eigenvalue weighted by Gasteiger charge is -2.47. The molecule has 1 aliphatic heterocycles. The number of amides is 1. The standard InChI is InChI=1S/C19H28N2O/c1-8-9(2)11(4)16-15(10(8)3)12(5)13(6)18-17(16)19(22)21-14(7)20-18/h12-14,17-18,20H,1-7H3,(H,21,22). The quantitative estimate of drug-likeness (QED) is 0.772. The van der Waals surface area contributed by atoms with Crippen LogP contribution in [-0.2, 0) is 4.79 Å². The van der Waals surface area contributed by atoms with Crippen molar-refractivity contribution in [1.82, 2.24) is 10.6 Å². The number of carbonyl (C=O) groups excluding carboxylic acids is 1. The fourth-order valence-corrected chi connectivity index (χ4v) is 4.59. The van der Waals surface area contributed by atoms with Crippen LogP contribution in [0.25, 0.3) is 0 Å². The molecular weight excluding hydrogens is 272 g/mol. The third-order valence-electron chi connectivity index (χ3n) is 6.35. The van der Waals surface area contributed by atoms with Crippen molar-refractivity contribution in [1.29, 1.82) is 0 Å². The summed E-state index contributed by atoms with van der Waals surface area (Å²) >= 11 is 0. The zero-order chi connectivity index (χ0) is 16.3. The van der Waals surface area contributed by atoms with Gasteiger partial charge in [0, 0.05) is 6.04 Å². The minimum atomic E-state index is -0.0598. The molecular formula is C19H28N2O. The molecule has 120 valence electrons. The summed E-state index contributed by atoms with van der Waals surface area (Å²) in [4.78, 5) is 12.8. The molecule has 3 rings (SSSR count). The molecule has 2 N–H and O–H groups in total. The van der Waals surface area contributed by atoms with E-state index in [4.69, 9.17) is 0 Å². The van der Waals surface area contributed by atoms with Crippen molar-refractivity contribution < 1.29 is 4.79 Å². The number of nitrogens with one attached hydrogen (secondary N) is 2. The first-order valence-electron chi connectivity index (χ1n) is 8.42. The summed E-state index contributed by atoms with van der Waals surface area (Å²) in [6.45, 7) is 15.4. The normalized spacial score (nSPS) is 34.0. The Morgan fingerprint density at radius 3 is 1.95 bits per heavy atom. The number of benzene rings is 1. The lowest BCUT2D eigenvalue weighted by Crippen LogP contribution is -2.63. The van der Waals surface area contributed by atoms with Crippen LogP contribution in [0.5, 0.6) is 0 Å². The van der Waals surface area contributed by atoms with Crippen LogP contribution in [0.4, 0.5) is 0 Å². The van der Waals surface area contributed by atoms with Gasteiger partial charge in [-0.2, -0.15) is 0 Å². The fourth-order valence-electron chi connectivity index (χ4n) is 4.59. The second-order valence-electron chi connectivity index (χ2n) is 7.38. The topological polar surface area (TPSA) is 41.1 Å². The first kappa shape index (κ1) is 15.5. The van der Waals surface area contributed by atoms with E-state index in [1.54, 1.807) is 0 Å². The molecule has 3 heteroatoms. The number of carbonyl (C=O) groups is 1. The van der Waals surface area contributed by atoms with Gasteiger partial charge in [-0.1, -0.05) is 13.8 Å². The maximum atomic E-state index is 12.8. The van der Waals surface area contributed by atoms with E-state index in [2.05, 4.69) is 52.2 Å². The van der Waals surface area contributed by atoms with E-state index < -0.39 is 0 Å². The van der Waals surface area contributed by atoms with Crippen molar-refractivity contribution in [2.45, 2.75) is 72.5 Å². The highest BCUT2D eigenvalue weighted by Gasteiger charge is 2.47. The molecule has 0 aromatic heterocycles. The molecule has 1 aromatic rings. The first-order chi connectivity index (χ1) is 10.3. The van der Waals surface area contributed by atoms with E-state index in [0.717, 1.165) is 0 Å². The van der Waals surface area contributed by atoms with E-state index >= 15 is 0 Å². The van der Waals surface area contributed by atoms with E-state index in [0.29, 0.717) is 11.8 Å². The predicted molar refractivity (Wildman–Crippen MR) is 90.2 cm³/mol. The Hall–Kier alpha value is -1.35. The molecule has 3 nitrogen and oxygen atoms in total. The first-order valence-corrected chi connectivity index (χ1v) is 8.42. The van der Waals surface area contributed by atoms with Crippen molar-refractivity contribution in [2.24, 2.45) is 5.92 Å². The largest absolute Gasteiger partial charge is 0.340 e. The van der Waals surface area contributed by atoms with E-state index in [-0.39, 0.29) is 24.0 Å². The summed E-state index contributed by atoms with van der Waals surface area (Å²) in [6, 6.07) is 0.228. The van der Waals surface area contributed by atoms with Crippen molar-refractivity contribution in [2.75, 3.05) is 0 Å². The lowest BCUT2D eigenvalue weighted by atomic mass is 9.64. The Kier molecular flexibility index (Phi) is 3.59. The zero-order valence-electron chi connectivity index (χ0n) is 14.8. The van der Waals surface area contributed by atoms with Gasteiger partial charge < -0.3 is 5.32 Å². The lowest BCUT2D eigenvalue weighted by molar-refractivity contribution is -0.127. The van der Waals surface area contributed by atoms with Crippen molar-refractivity contribution in [3.05, 3.63) is 33.4 Å². The van der Waals surface area contributed by atoms with E-state index in [1.807, 2.05) is 6.92 Å². The van der Waals surface area contributed by atoms with Gasteiger partial charge in [0.05, 0.1) is 12.1 Å². The summed E-state index contributed by atoms with van der Waals surface area (Å²) in [7, 11) is 0. The van der Waals surface area contributed by atoms with Gasteiger partial charge in [0.1, 0.15) is 0 Å². The van der Waals surface area contributed by atoms with Crippen LogP contribution in [0.1, 0.15) is 66.0 Å². The molecule has 5 unspecified atom stereocenters. The minimum Gasteiger partial charge on any atom is -0.340 e. The number of hydrogen-bond donors (Lipinski definition) is 2. The van der Waals surface area contributed by atoms with Crippen LogP contribution in [0.15, 0.2) is 0 Å². The molecule has 2 aliphatic rings. The smallest absolute Gasteiger partial charge is 0.230 e. The molecule has 1 amide bonds. The number of fused-ring (bicyclic) bond motifs is 3. The molecule has 0 bridgehead atoms. The molecule has 22 heavy (non-hydrogen) atoms. The molecule has 1 fully saturated rings. The van der Waals surface area contributed by atoms with Crippen LogP contribution >= 0.6 is 0 Å². The third-order valence-corrected chi connectivity index (χ3v) is 6.35. The second-order valence-corrected chi connectivity index (χ2v) is 7.38. The number of rotatable bonds is 0. The molecule has 0 spiro atoms. The van der Waals surface area contributed by atoms with Crippen LogP contribution < -0.4 is 10.6 Å². The molecule has 0 radical (unpaired) electrons. The Morgan fingerprint density at radius 2 is 1.36 bits per heavy atom. The SMILES string of the molecule is Cc1c(C)c(C)c2c(c1C)C(C)C(C)C1NC(C)NC(=O)C21. The molecule has 1 saturated heterocycles. The minimum absolute atomic E-state index is 0.0536. The van der Waals surface area contributed by atoms with Crippen molar-refractivity contribution in [3.8, 4) is 0 Å². The van der Waals surface area contributed by atoms with Gasteiger partial charge in [-0.15, -0.1) is 0 Å². The maximum absolute atomic E-state index is 12.8. The Bertz CT molecular complexity index is 650. The Labute approximate surface area is 133 Å². The van der Waals surface area contributed by atoms with Crippen LogP contribution in [0.3, 0.4) is 0 Å². The molecule has 1 aliphatic carbocycles. The summed E-state index contributed by atoms with van der Waals surface area (Å²) in [5.74, 6) is 1.04. The molecule has 1 heterocycles. The van der Waals surface area contributed by atoms with Gasteiger partial charge in [0.15, 0.2) is 0 Å². The fraction of sp³-hybridized carbons (Fsp3) is 0.632. The summed E-state index contributed by atoms with van der Waals surface area (Å²) in [6.07, 6.45) is 0.0536. The van der Waals surface area contributed by atoms with Crippen LogP contribution in [-0.4, -0.2) is 18.1 Å². The van der Waals surface area contributed by atoms with E-state index in [9.17, 15) is 4.79 Å². The van der Waals surface area contributed by atoms with Crippen LogP contribution in [0, 0.1) is 33.6 Å². The second kappa shape index (κ2) is 5.09. The third kappa shape index (κ3) is 1.95. The monoisotopic (exact) mass is 300 g/mol. The number of hydrogen-bond acceptors (Lipinski definition) is 2. The average Bonchev–Trinajstić information content (AvgIpc) is 2.46. The maximum Gasteiger partial charge on any atom is 0.230 e. The van der Waals surface area contributed by atoms with Crippen molar-refractivity contribution in [3.63, 3.8) is 0 Å². The van der Waals surface area contributed by atoms with Gasteiger partial charge in [-0.25, -0.2) is 0 Å². The highest BCUT2D eigenvalue weighted by molar-refractivity contribution is 5.87. The Morgan fingerprint density at radius 1 is 0.818 bits per heavy atom. The highest BCUT2D eigenvalue weighted by Crippen LogP contribution is 2.47. The summed E-state index contributed by atoms with van der Waals surface area (Å²) in [5, 5.41) is 6.70. The molecule has 1 aromatic carbocycles. The summed E-state index contributed by atoms with van der Waals surface area (Å²) in [5.41, 5.74) is 8.10. The van der Waals surface area contributed by atoms with E-state index in [1.165, 1.54) is 33.4 Å². The molecule has 5 atom stereocenters. The highest BCUT2D eigenvalue weighted by atomic mass is 16.2. The van der Waals surface area contributed by atoms with Gasteiger partial charge in [-0.05, 0) is 79.8 Å². The van der Waals surface area contributed by atoms with Gasteiger partial charge >= 0.3 is 0 Å². The van der Waals surface area contributed by atoms with Gasteiger partial charge in [0.2, 0.25) is 5.91 Å². The van der Waals surface area contributed by atoms with Crippen LogP contribution in [0.2, 0.25) is 0 Å². The molecule has 0 saturated carbocycles. The zero-order valence-corrected chi connectivity index (χ0v) is 14.8. The van der Waals surface area contributed by atoms with Gasteiger partial charge in [0.25, 0.3) is 0 Å². The van der Waals surface area contributed by atoms with Gasteiger partial charge in [-0.3, -0.25) is 10.1 Å². The van der Waals surface area contributed by atoms with Crippen molar-refractivity contribution >= 4 is 5.91 Å². The average molecular weight is 300 g/mol. The summed E-state index contributed by atoms with van der Waals surface area (Å²) < 4.78 is 0. The Balaban J connectivity index is 2.29. The predicted octanol–water partition coefficient (Wildman–Crippen LogP) is 3.19.